The summed E-state index contributed by atoms with van der Waals surface area (Å²) >= 11 is 0. The van der Waals surface area contributed by atoms with Crippen molar-refractivity contribution in [3.63, 3.8) is 0 Å². The molecule has 0 bridgehead atoms. The van der Waals surface area contributed by atoms with Gasteiger partial charge in [0.1, 0.15) is 0 Å². The average Bonchev–Trinajstić information content (AvgIpc) is 0.802. The molecule has 0 amide bonds. The monoisotopic (exact) mass is 1490 g/mol. The Hall–Kier alpha value is -2.81. The summed E-state index contributed by atoms with van der Waals surface area (Å²) in [6.45, 7) is 22.3. The van der Waals surface area contributed by atoms with E-state index in [0.717, 1.165) is 74.6 Å². The van der Waals surface area contributed by atoms with E-state index in [-0.39, 0.29) is 16.5 Å². The van der Waals surface area contributed by atoms with Crippen LogP contribution in [0.15, 0.2) is 59.7 Å². The molecule has 105 heavy (non-hydrogen) atoms. The van der Waals surface area contributed by atoms with Crippen molar-refractivity contribution in [1.82, 2.24) is 0 Å². The summed E-state index contributed by atoms with van der Waals surface area (Å²) in [5.74, 6) is 9.76. The number of anilines is 1. The van der Waals surface area contributed by atoms with Gasteiger partial charge in [0.25, 0.3) is 0 Å². The van der Waals surface area contributed by atoms with Gasteiger partial charge in [0.05, 0.1) is 0 Å². The topological polar surface area (TPSA) is 39.6 Å². The van der Waals surface area contributed by atoms with Crippen LogP contribution in [0.25, 0.3) is 11.1 Å². The maximum atomic E-state index is 9.73. The Morgan fingerprint density at radius 3 is 0.819 bits per heavy atom. The molecule has 0 unspecified atom stereocenters. The van der Waals surface area contributed by atoms with Gasteiger partial charge in [0.2, 0.25) is 0 Å². The molecule has 3 nitrogen and oxygen atoms in total. The van der Waals surface area contributed by atoms with E-state index in [2.05, 4.69) is 138 Å². The number of hydrogen-bond donors (Lipinski definition) is 0. The van der Waals surface area contributed by atoms with Gasteiger partial charge >= 0.3 is 22.4 Å². The van der Waals surface area contributed by atoms with Crippen LogP contribution in [0.5, 0.6) is 0 Å². The third kappa shape index (κ3) is 71.3. The second-order valence-electron chi connectivity index (χ2n) is 32.2. The van der Waals surface area contributed by atoms with E-state index >= 15 is 0 Å². The maximum absolute atomic E-state index is 9.73. The predicted molar refractivity (Wildman–Crippen MR) is 473 cm³/mol. The van der Waals surface area contributed by atoms with Gasteiger partial charge < -0.3 is 24.3 Å². The van der Waals surface area contributed by atoms with Crippen LogP contribution in [0.1, 0.15) is 521 Å². The minimum atomic E-state index is 0. The summed E-state index contributed by atoms with van der Waals surface area (Å²) in [7, 11) is 2.13. The molecule has 0 saturated carbocycles. The first-order valence-corrected chi connectivity index (χ1v) is 47.1. The second-order valence-corrected chi connectivity index (χ2v) is 32.2. The predicted octanol–water partition coefficient (Wildman–Crippen LogP) is 35.1. The van der Waals surface area contributed by atoms with Crippen LogP contribution in [0, 0.1) is 25.7 Å². The largest absolute Gasteiger partial charge is 2.00 e. The number of rotatable bonds is 75. The van der Waals surface area contributed by atoms with Crippen molar-refractivity contribution >= 4 is 17.1 Å². The van der Waals surface area contributed by atoms with Gasteiger partial charge in [-0.15, -0.1) is 4.79 Å². The van der Waals surface area contributed by atoms with Crippen molar-refractivity contribution in [2.45, 2.75) is 510 Å². The zero-order valence-corrected chi connectivity index (χ0v) is 73.0. The standard InChI is InChI=1S/C47H71N3.2C27H55.Ni/c1-6-10-13-14-15-16-17-18-19-20-21-22-23-24-25-26-27-28-30-44(40-49-48)46(31-12-8-3)47(42-34-32-41(33-35-42)29-11-7-2)43-36-38-45(39-37-43)50(5)9-4;2*1-3-5-7-9-11-13-15-17-19-21-23-25-27-26-24-22-20-18-16-14-12-10-8-6-4-2;/h32-39H,6-27,29,31H2,1-5H3;2*1,3-27H2,2H3;/q;2*-1;+2. The SMILES string of the molecule is CCCCCCCCCCCCCCCCCCC#CC(=C=[N+]=[N-])C(CCCC)=C(c1ccc(CCCC)cc1)c1ccc(N(C)CC)cc1.[CH2-]CCCCCCCCCCCCCCCCCCCCCCCCCC.[CH2-]CCCCCCCCCCCCCCCCCCCCCCCCCC.[Ni+2]. The number of hydrogen-bond acceptors (Lipinski definition) is 1. The van der Waals surface area contributed by atoms with Crippen molar-refractivity contribution in [2.24, 2.45) is 0 Å². The maximum Gasteiger partial charge on any atom is 2.00 e. The number of nitrogens with zero attached hydrogens (tertiary/aromatic N) is 3. The smallest absolute Gasteiger partial charge is 0.375 e. The first-order valence-electron chi connectivity index (χ1n) is 47.1. The Balaban J connectivity index is 0. The molecule has 0 N–H and O–H groups in total. The minimum absolute atomic E-state index is 0. The molecule has 0 fully saturated rings. The first kappa shape index (κ1) is 104. The zero-order chi connectivity index (χ0) is 75.4. The van der Waals surface area contributed by atoms with Crippen LogP contribution < -0.4 is 4.90 Å². The molecule has 0 aliphatic heterocycles. The molecular formula is C101H181N3Ni. The van der Waals surface area contributed by atoms with Crippen LogP contribution in [0.4, 0.5) is 5.69 Å². The normalized spacial score (nSPS) is 11.2. The average molecular weight is 1500 g/mol. The molecule has 0 aliphatic rings. The summed E-state index contributed by atoms with van der Waals surface area (Å²) in [5.41, 5.74) is 17.6. The molecule has 0 saturated heterocycles. The third-order valence-electron chi connectivity index (χ3n) is 22.3. The second kappa shape index (κ2) is 88.4. The summed E-state index contributed by atoms with van der Waals surface area (Å²) in [5, 5.41) is 0. The van der Waals surface area contributed by atoms with Crippen LogP contribution in [0.2, 0.25) is 0 Å². The number of unbranched alkanes of at least 4 members (excludes halogenated alkanes) is 66. The number of benzene rings is 2. The van der Waals surface area contributed by atoms with Crippen LogP contribution in [-0.4, -0.2) is 24.3 Å². The van der Waals surface area contributed by atoms with Gasteiger partial charge in [-0.3, -0.25) is 0 Å². The van der Waals surface area contributed by atoms with E-state index in [0.29, 0.717) is 5.57 Å². The summed E-state index contributed by atoms with van der Waals surface area (Å²) in [6.07, 6.45) is 102. The van der Waals surface area contributed by atoms with Crippen LogP contribution >= 0.6 is 0 Å². The van der Waals surface area contributed by atoms with Gasteiger partial charge in [0.15, 0.2) is 5.57 Å². The van der Waals surface area contributed by atoms with Crippen LogP contribution in [-0.2, 0) is 22.9 Å². The summed E-state index contributed by atoms with van der Waals surface area (Å²) < 4.78 is 0. The molecule has 4 heteroatoms. The fraction of sp³-hybridized carbons (Fsp3) is 0.802. The molecule has 0 heterocycles. The molecule has 2 rings (SSSR count). The fourth-order valence-electron chi connectivity index (χ4n) is 14.9. The quantitative estimate of drug-likeness (QED) is 0.00951. The third-order valence-corrected chi connectivity index (χ3v) is 22.3. The molecule has 2 aromatic carbocycles. The molecular weight excluding hydrogens is 1310 g/mol. The van der Waals surface area contributed by atoms with Crippen molar-refractivity contribution in [3.05, 3.63) is 95.7 Å². The number of allylic oxidation sites excluding steroid dienone is 2. The van der Waals surface area contributed by atoms with Gasteiger partial charge in [-0.2, -0.15) is 12.8 Å². The van der Waals surface area contributed by atoms with Crippen molar-refractivity contribution < 1.29 is 21.3 Å². The van der Waals surface area contributed by atoms with Gasteiger partial charge in [-0.05, 0) is 79.0 Å². The van der Waals surface area contributed by atoms with Crippen molar-refractivity contribution in [3.8, 4) is 11.8 Å². The van der Waals surface area contributed by atoms with E-state index in [9.17, 15) is 5.53 Å². The Kier molecular flexibility index (Phi) is 87.8. The summed E-state index contributed by atoms with van der Waals surface area (Å²) in [4.78, 5) is 5.65. The summed E-state index contributed by atoms with van der Waals surface area (Å²) in [6, 6.07) is 17.9. The number of aryl methyl sites for hydroxylation is 1. The van der Waals surface area contributed by atoms with E-state index in [1.54, 1.807) is 0 Å². The Morgan fingerprint density at radius 1 is 0.324 bits per heavy atom. The Labute approximate surface area is 670 Å². The Bertz CT molecular complexity index is 2100. The van der Waals surface area contributed by atoms with Crippen molar-refractivity contribution in [1.29, 1.82) is 0 Å². The fourth-order valence-corrected chi connectivity index (χ4v) is 14.9. The minimum Gasteiger partial charge on any atom is -0.375 e. The van der Waals surface area contributed by atoms with Gasteiger partial charge in [-0.25, -0.2) is 0 Å². The van der Waals surface area contributed by atoms with E-state index in [1.807, 2.05) is 0 Å². The Morgan fingerprint density at radius 2 is 0.571 bits per heavy atom. The van der Waals surface area contributed by atoms with Gasteiger partial charge in [0, 0.05) is 25.7 Å². The molecule has 0 spiro atoms. The molecule has 0 aromatic heterocycles. The van der Waals surface area contributed by atoms with E-state index < -0.39 is 0 Å². The van der Waals surface area contributed by atoms with E-state index in [4.69, 9.17) is 0 Å². The molecule has 2 aromatic rings. The molecule has 0 atom stereocenters. The molecule has 610 valence electrons. The van der Waals surface area contributed by atoms with Crippen molar-refractivity contribution in [2.75, 3.05) is 18.5 Å². The molecule has 0 radical (unpaired) electrons. The first-order chi connectivity index (χ1) is 51.4. The van der Waals surface area contributed by atoms with Gasteiger partial charge in [-0.1, -0.05) is 500 Å². The molecule has 0 aliphatic carbocycles. The van der Waals surface area contributed by atoms with Crippen LogP contribution in [0.3, 0.4) is 0 Å². The zero-order valence-electron chi connectivity index (χ0n) is 72.0. The van der Waals surface area contributed by atoms with E-state index in [1.165, 1.54) is 434 Å².